The lowest BCUT2D eigenvalue weighted by Crippen LogP contribution is -2.25. The Labute approximate surface area is 58.9 Å². The normalized spacial score (nSPS) is 27.1. The summed E-state index contributed by atoms with van der Waals surface area (Å²) in [5.41, 5.74) is 0. The van der Waals surface area contributed by atoms with Crippen LogP contribution in [0.15, 0.2) is 10.6 Å². The molecule has 0 aliphatic heterocycles. The van der Waals surface area contributed by atoms with E-state index >= 15 is 0 Å². The van der Waals surface area contributed by atoms with Gasteiger partial charge in [-0.1, -0.05) is 22.0 Å². The summed E-state index contributed by atoms with van der Waals surface area (Å²) in [6.07, 6.45) is -2.74. The number of hydrogen-bond acceptors (Lipinski definition) is 0. The molecule has 0 fully saturated rings. The SMILES string of the molecule is FC(F)(F)C1C=C(Br)C1. The second-order valence-corrected chi connectivity index (χ2v) is 2.98. The second kappa shape index (κ2) is 2.01. The van der Waals surface area contributed by atoms with Crippen LogP contribution in [0.2, 0.25) is 0 Å². The van der Waals surface area contributed by atoms with Gasteiger partial charge in [-0.15, -0.1) is 0 Å². The van der Waals surface area contributed by atoms with E-state index in [2.05, 4.69) is 15.9 Å². The molecule has 0 N–H and O–H groups in total. The first-order valence-electron chi connectivity index (χ1n) is 2.43. The summed E-state index contributed by atoms with van der Waals surface area (Å²) in [4.78, 5) is 0. The van der Waals surface area contributed by atoms with Crippen molar-refractivity contribution < 1.29 is 13.2 Å². The number of allylic oxidation sites excluding steroid dienone is 2. The highest BCUT2D eigenvalue weighted by atomic mass is 79.9. The van der Waals surface area contributed by atoms with Gasteiger partial charge >= 0.3 is 6.18 Å². The molecular weight excluding hydrogens is 197 g/mol. The van der Waals surface area contributed by atoms with E-state index in [1.54, 1.807) is 0 Å². The van der Waals surface area contributed by atoms with Crippen LogP contribution in [0.5, 0.6) is 0 Å². The predicted molar refractivity (Wildman–Crippen MR) is 31.2 cm³/mol. The molecule has 0 radical (unpaired) electrons. The van der Waals surface area contributed by atoms with Gasteiger partial charge in [0.1, 0.15) is 0 Å². The average molecular weight is 201 g/mol. The Hall–Kier alpha value is 0.01000. The van der Waals surface area contributed by atoms with Gasteiger partial charge < -0.3 is 0 Å². The van der Waals surface area contributed by atoms with E-state index in [4.69, 9.17) is 0 Å². The van der Waals surface area contributed by atoms with Crippen LogP contribution < -0.4 is 0 Å². The van der Waals surface area contributed by atoms with Gasteiger partial charge in [-0.2, -0.15) is 13.2 Å². The zero-order valence-electron chi connectivity index (χ0n) is 4.37. The molecule has 1 atom stereocenters. The van der Waals surface area contributed by atoms with Gasteiger partial charge in [-0.05, 0) is 10.9 Å². The van der Waals surface area contributed by atoms with E-state index < -0.39 is 12.1 Å². The van der Waals surface area contributed by atoms with Gasteiger partial charge in [0, 0.05) is 0 Å². The zero-order chi connectivity index (χ0) is 7.07. The summed E-state index contributed by atoms with van der Waals surface area (Å²) < 4.78 is 35.5. The predicted octanol–water partition coefficient (Wildman–Crippen LogP) is 2.85. The molecule has 1 unspecified atom stereocenters. The molecule has 0 aromatic carbocycles. The number of hydrogen-bond donors (Lipinski definition) is 0. The molecule has 1 aliphatic rings. The van der Waals surface area contributed by atoms with E-state index in [0.717, 1.165) is 0 Å². The summed E-state index contributed by atoms with van der Waals surface area (Å²) in [6, 6.07) is 0. The molecule has 0 saturated heterocycles. The number of rotatable bonds is 0. The van der Waals surface area contributed by atoms with Crippen molar-refractivity contribution in [3.8, 4) is 0 Å². The summed E-state index contributed by atoms with van der Waals surface area (Å²) in [6.45, 7) is 0. The Bertz CT molecular complexity index is 147. The first-order valence-corrected chi connectivity index (χ1v) is 3.22. The van der Waals surface area contributed by atoms with Crippen molar-refractivity contribution >= 4 is 15.9 Å². The molecule has 1 aliphatic carbocycles. The van der Waals surface area contributed by atoms with E-state index in [1.807, 2.05) is 0 Å². The molecule has 0 aromatic rings. The highest BCUT2D eigenvalue weighted by Gasteiger charge is 2.42. The maximum Gasteiger partial charge on any atom is 0.395 e. The molecule has 0 spiro atoms. The van der Waals surface area contributed by atoms with Gasteiger partial charge in [0.2, 0.25) is 0 Å². The van der Waals surface area contributed by atoms with E-state index in [1.165, 1.54) is 6.08 Å². The van der Waals surface area contributed by atoms with Gasteiger partial charge in [-0.25, -0.2) is 0 Å². The lowest BCUT2D eigenvalue weighted by atomic mass is 9.95. The molecule has 0 amide bonds. The Balaban J connectivity index is 2.51. The smallest absolute Gasteiger partial charge is 0.170 e. The monoisotopic (exact) mass is 200 g/mol. The summed E-state index contributed by atoms with van der Waals surface area (Å²) in [5, 5.41) is 0. The molecule has 0 heterocycles. The van der Waals surface area contributed by atoms with Crippen molar-refractivity contribution in [2.75, 3.05) is 0 Å². The fourth-order valence-corrected chi connectivity index (χ4v) is 1.27. The Morgan fingerprint density at radius 1 is 1.56 bits per heavy atom. The van der Waals surface area contributed by atoms with Gasteiger partial charge in [0.25, 0.3) is 0 Å². The summed E-state index contributed by atoms with van der Waals surface area (Å²) >= 11 is 2.95. The molecule has 4 heteroatoms. The van der Waals surface area contributed by atoms with E-state index in [0.29, 0.717) is 4.48 Å². The van der Waals surface area contributed by atoms with E-state index in [-0.39, 0.29) is 6.42 Å². The van der Waals surface area contributed by atoms with Crippen LogP contribution in [0.4, 0.5) is 13.2 Å². The Morgan fingerprint density at radius 2 is 2.00 bits per heavy atom. The van der Waals surface area contributed by atoms with Crippen LogP contribution in [0.3, 0.4) is 0 Å². The summed E-state index contributed by atoms with van der Waals surface area (Å²) in [5.74, 6) is -1.20. The first-order chi connectivity index (χ1) is 4.00. The summed E-state index contributed by atoms with van der Waals surface area (Å²) in [7, 11) is 0. The average Bonchev–Trinajstić information content (AvgIpc) is 1.55. The van der Waals surface area contributed by atoms with Gasteiger partial charge in [0.15, 0.2) is 0 Å². The quantitative estimate of drug-likeness (QED) is 0.565. The lowest BCUT2D eigenvalue weighted by Gasteiger charge is -2.23. The van der Waals surface area contributed by atoms with Crippen molar-refractivity contribution in [2.45, 2.75) is 12.6 Å². The fourth-order valence-electron chi connectivity index (χ4n) is 0.605. The van der Waals surface area contributed by atoms with Crippen molar-refractivity contribution in [1.82, 2.24) is 0 Å². The molecule has 0 nitrogen and oxygen atoms in total. The molecule has 0 bridgehead atoms. The highest BCUT2D eigenvalue weighted by molar-refractivity contribution is 9.11. The minimum atomic E-state index is -4.03. The van der Waals surface area contributed by atoms with Crippen LogP contribution in [0.25, 0.3) is 0 Å². The lowest BCUT2D eigenvalue weighted by molar-refractivity contribution is -0.164. The molecule has 0 saturated carbocycles. The third kappa shape index (κ3) is 1.47. The van der Waals surface area contributed by atoms with Crippen molar-refractivity contribution in [3.63, 3.8) is 0 Å². The molecule has 9 heavy (non-hydrogen) atoms. The van der Waals surface area contributed by atoms with Crippen LogP contribution in [0.1, 0.15) is 6.42 Å². The third-order valence-corrected chi connectivity index (χ3v) is 1.81. The minimum Gasteiger partial charge on any atom is -0.170 e. The Morgan fingerprint density at radius 3 is 2.11 bits per heavy atom. The molecule has 0 aromatic heterocycles. The highest BCUT2D eigenvalue weighted by Crippen LogP contribution is 2.41. The third-order valence-electron chi connectivity index (χ3n) is 1.22. The maximum absolute atomic E-state index is 11.6. The minimum absolute atomic E-state index is 0.115. The first kappa shape index (κ1) is 7.12. The Kier molecular flexibility index (Phi) is 1.59. The van der Waals surface area contributed by atoms with Crippen molar-refractivity contribution in [1.29, 1.82) is 0 Å². The standard InChI is InChI=1S/C5H4BrF3/c6-4-1-3(2-4)5(7,8)9/h1,3H,2H2. The van der Waals surface area contributed by atoms with Crippen LogP contribution in [-0.2, 0) is 0 Å². The topological polar surface area (TPSA) is 0 Å². The van der Waals surface area contributed by atoms with Crippen molar-refractivity contribution in [2.24, 2.45) is 5.92 Å². The molecule has 52 valence electrons. The van der Waals surface area contributed by atoms with Crippen LogP contribution >= 0.6 is 15.9 Å². The maximum atomic E-state index is 11.6. The fraction of sp³-hybridized carbons (Fsp3) is 0.600. The number of halogens is 4. The van der Waals surface area contributed by atoms with E-state index in [9.17, 15) is 13.2 Å². The number of alkyl halides is 3. The molecule has 1 rings (SSSR count). The zero-order valence-corrected chi connectivity index (χ0v) is 5.96. The van der Waals surface area contributed by atoms with Crippen molar-refractivity contribution in [3.05, 3.63) is 10.6 Å². The van der Waals surface area contributed by atoms with Crippen LogP contribution in [-0.4, -0.2) is 6.18 Å². The largest absolute Gasteiger partial charge is 0.395 e. The van der Waals surface area contributed by atoms with Gasteiger partial charge in [0.05, 0.1) is 5.92 Å². The second-order valence-electron chi connectivity index (χ2n) is 1.97. The van der Waals surface area contributed by atoms with Gasteiger partial charge in [-0.3, -0.25) is 0 Å². The molecular formula is C5H4BrF3. The van der Waals surface area contributed by atoms with Crippen LogP contribution in [0, 0.1) is 5.92 Å².